The highest BCUT2D eigenvalue weighted by molar-refractivity contribution is 5.95. The smallest absolute Gasteiger partial charge is 0.254 e. The van der Waals surface area contributed by atoms with Crippen LogP contribution in [0.15, 0.2) is 84.9 Å². The second-order valence-electron chi connectivity index (χ2n) is 8.69. The Morgan fingerprint density at radius 2 is 1.47 bits per heavy atom. The van der Waals surface area contributed by atoms with Crippen LogP contribution in [0.3, 0.4) is 0 Å². The largest absolute Gasteiger partial charge is 0.489 e. The highest BCUT2D eigenvalue weighted by Crippen LogP contribution is 2.22. The molecule has 0 saturated carbocycles. The van der Waals surface area contributed by atoms with Gasteiger partial charge in [-0.3, -0.25) is 9.59 Å². The Morgan fingerprint density at radius 3 is 2.09 bits per heavy atom. The van der Waals surface area contributed by atoms with E-state index in [-0.39, 0.29) is 17.9 Å². The van der Waals surface area contributed by atoms with Crippen molar-refractivity contribution >= 4 is 11.8 Å². The lowest BCUT2D eigenvalue weighted by Gasteiger charge is -2.38. The zero-order valence-electron chi connectivity index (χ0n) is 19.7. The molecule has 0 spiro atoms. The van der Waals surface area contributed by atoms with Crippen LogP contribution in [0, 0.1) is 0 Å². The molecule has 4 rings (SSSR count). The second kappa shape index (κ2) is 11.5. The Kier molecular flexibility index (Phi) is 7.97. The Balaban J connectivity index is 1.35. The topological polar surface area (TPSA) is 49.9 Å². The number of likely N-dealkylation sites (tertiary alicyclic amines) is 1. The van der Waals surface area contributed by atoms with Gasteiger partial charge in [-0.25, -0.2) is 0 Å². The first-order chi connectivity index (χ1) is 16.7. The molecule has 1 saturated heterocycles. The fourth-order valence-corrected chi connectivity index (χ4v) is 4.44. The molecule has 1 heterocycles. The number of hydrogen-bond acceptors (Lipinski definition) is 3. The first-order valence-corrected chi connectivity index (χ1v) is 12.1. The van der Waals surface area contributed by atoms with E-state index in [1.165, 1.54) is 0 Å². The minimum atomic E-state index is 0.0456. The van der Waals surface area contributed by atoms with E-state index in [9.17, 15) is 9.59 Å². The molecular formula is C29H32N2O3. The van der Waals surface area contributed by atoms with Crippen molar-refractivity contribution in [1.29, 1.82) is 0 Å². The first-order valence-electron chi connectivity index (χ1n) is 12.1. The van der Waals surface area contributed by atoms with Crippen LogP contribution in [0.4, 0.5) is 0 Å². The summed E-state index contributed by atoms with van der Waals surface area (Å²) < 4.78 is 5.86. The number of nitrogens with zero attached hydrogens (tertiary/aromatic N) is 2. The number of carbonyl (C=O) groups excluding carboxylic acids is 2. The Bertz CT molecular complexity index is 1060. The van der Waals surface area contributed by atoms with Gasteiger partial charge in [-0.05, 0) is 61.2 Å². The molecular weight excluding hydrogens is 424 g/mol. The molecule has 5 heteroatoms. The number of ether oxygens (including phenoxy) is 1. The minimum Gasteiger partial charge on any atom is -0.489 e. The monoisotopic (exact) mass is 456 g/mol. The van der Waals surface area contributed by atoms with Gasteiger partial charge in [0.1, 0.15) is 12.4 Å². The van der Waals surface area contributed by atoms with Gasteiger partial charge in [0.05, 0.1) is 0 Å². The maximum Gasteiger partial charge on any atom is 0.254 e. The van der Waals surface area contributed by atoms with Crippen molar-refractivity contribution in [2.75, 3.05) is 19.6 Å². The summed E-state index contributed by atoms with van der Waals surface area (Å²) in [5.74, 6) is 0.859. The van der Waals surface area contributed by atoms with E-state index >= 15 is 0 Å². The van der Waals surface area contributed by atoms with Crippen LogP contribution in [0.1, 0.15) is 52.5 Å². The Labute approximate surface area is 202 Å². The lowest BCUT2D eigenvalue weighted by Crippen LogP contribution is -2.49. The molecule has 0 bridgehead atoms. The molecule has 0 unspecified atom stereocenters. The third kappa shape index (κ3) is 5.84. The van der Waals surface area contributed by atoms with Crippen molar-refractivity contribution in [3.8, 4) is 5.75 Å². The zero-order valence-corrected chi connectivity index (χ0v) is 19.7. The molecule has 0 N–H and O–H groups in total. The average molecular weight is 457 g/mol. The van der Waals surface area contributed by atoms with Crippen molar-refractivity contribution < 1.29 is 14.3 Å². The zero-order chi connectivity index (χ0) is 23.8. The minimum absolute atomic E-state index is 0.0456. The summed E-state index contributed by atoms with van der Waals surface area (Å²) in [4.78, 5) is 30.0. The van der Waals surface area contributed by atoms with Crippen LogP contribution in [-0.2, 0) is 6.61 Å². The van der Waals surface area contributed by atoms with E-state index in [0.717, 1.165) is 36.1 Å². The van der Waals surface area contributed by atoms with Crippen molar-refractivity contribution in [2.24, 2.45) is 0 Å². The van der Waals surface area contributed by atoms with Gasteiger partial charge >= 0.3 is 0 Å². The van der Waals surface area contributed by atoms with Crippen molar-refractivity contribution in [3.05, 3.63) is 102 Å². The summed E-state index contributed by atoms with van der Waals surface area (Å²) in [6, 6.07) is 27.0. The molecule has 3 aromatic rings. The highest BCUT2D eigenvalue weighted by atomic mass is 16.5. The van der Waals surface area contributed by atoms with Crippen LogP contribution >= 0.6 is 0 Å². The molecule has 3 aromatic carbocycles. The fraction of sp³-hybridized carbons (Fsp3) is 0.310. The number of carbonyl (C=O) groups is 2. The summed E-state index contributed by atoms with van der Waals surface area (Å²) in [7, 11) is 0. The molecule has 176 valence electrons. The standard InChI is InChI=1S/C29H32N2O3/c1-2-19-31(26-17-20-30(21-18-26)28(32)24-11-7-4-8-12-24)29(33)25-13-15-27(16-14-25)34-22-23-9-5-3-6-10-23/h3-16,26H,2,17-22H2,1H3. The van der Waals surface area contributed by atoms with E-state index in [1.807, 2.05) is 94.7 Å². The van der Waals surface area contributed by atoms with Gasteiger partial charge in [0, 0.05) is 36.8 Å². The normalized spacial score (nSPS) is 14.0. The SMILES string of the molecule is CCCN(C(=O)c1ccc(OCc2ccccc2)cc1)C1CCN(C(=O)c2ccccc2)CC1. The van der Waals surface area contributed by atoms with Crippen molar-refractivity contribution in [3.63, 3.8) is 0 Å². The van der Waals surface area contributed by atoms with Crippen LogP contribution in [-0.4, -0.2) is 47.3 Å². The molecule has 2 amide bonds. The number of rotatable bonds is 8. The molecule has 1 fully saturated rings. The second-order valence-corrected chi connectivity index (χ2v) is 8.69. The van der Waals surface area contributed by atoms with Gasteiger partial charge in [-0.1, -0.05) is 55.5 Å². The summed E-state index contributed by atoms with van der Waals surface area (Å²) in [5.41, 5.74) is 2.49. The predicted octanol–water partition coefficient (Wildman–Crippen LogP) is 5.42. The third-order valence-electron chi connectivity index (χ3n) is 6.29. The van der Waals surface area contributed by atoms with Gasteiger partial charge in [-0.2, -0.15) is 0 Å². The van der Waals surface area contributed by atoms with Crippen molar-refractivity contribution in [1.82, 2.24) is 9.80 Å². The molecule has 0 atom stereocenters. The fourth-order valence-electron chi connectivity index (χ4n) is 4.44. The van der Waals surface area contributed by atoms with E-state index in [1.54, 1.807) is 0 Å². The van der Waals surface area contributed by atoms with Crippen LogP contribution in [0.2, 0.25) is 0 Å². The number of piperidine rings is 1. The summed E-state index contributed by atoms with van der Waals surface area (Å²) >= 11 is 0. The molecule has 0 aliphatic carbocycles. The quantitative estimate of drug-likeness (QED) is 0.455. The van der Waals surface area contributed by atoms with Gasteiger partial charge in [0.2, 0.25) is 0 Å². The Morgan fingerprint density at radius 1 is 0.853 bits per heavy atom. The van der Waals surface area contributed by atoms with Crippen molar-refractivity contribution in [2.45, 2.75) is 38.8 Å². The van der Waals surface area contributed by atoms with E-state index in [0.29, 0.717) is 31.8 Å². The van der Waals surface area contributed by atoms with Gasteiger partial charge in [0.25, 0.3) is 11.8 Å². The predicted molar refractivity (Wildman–Crippen MR) is 134 cm³/mol. The molecule has 0 aromatic heterocycles. The lowest BCUT2D eigenvalue weighted by atomic mass is 10.0. The number of benzene rings is 3. The van der Waals surface area contributed by atoms with Gasteiger partial charge in [-0.15, -0.1) is 0 Å². The molecule has 1 aliphatic heterocycles. The van der Waals surface area contributed by atoms with E-state index < -0.39 is 0 Å². The van der Waals surface area contributed by atoms with Crippen LogP contribution in [0.5, 0.6) is 5.75 Å². The van der Waals surface area contributed by atoms with E-state index in [2.05, 4.69) is 6.92 Å². The number of amides is 2. The maximum absolute atomic E-state index is 13.4. The Hall–Kier alpha value is -3.60. The maximum atomic E-state index is 13.4. The van der Waals surface area contributed by atoms with Crippen LogP contribution < -0.4 is 4.74 Å². The highest BCUT2D eigenvalue weighted by Gasteiger charge is 2.30. The van der Waals surface area contributed by atoms with Gasteiger partial charge in [0.15, 0.2) is 0 Å². The summed E-state index contributed by atoms with van der Waals surface area (Å²) in [5, 5.41) is 0. The average Bonchev–Trinajstić information content (AvgIpc) is 2.91. The molecule has 1 aliphatic rings. The molecule has 34 heavy (non-hydrogen) atoms. The van der Waals surface area contributed by atoms with E-state index in [4.69, 9.17) is 4.74 Å². The lowest BCUT2D eigenvalue weighted by molar-refractivity contribution is 0.0519. The first kappa shape index (κ1) is 23.6. The third-order valence-corrected chi connectivity index (χ3v) is 6.29. The van der Waals surface area contributed by atoms with Crippen LogP contribution in [0.25, 0.3) is 0 Å². The summed E-state index contributed by atoms with van der Waals surface area (Å²) in [6.07, 6.45) is 2.48. The number of hydrogen-bond donors (Lipinski definition) is 0. The van der Waals surface area contributed by atoms with Gasteiger partial charge < -0.3 is 14.5 Å². The summed E-state index contributed by atoms with van der Waals surface area (Å²) in [6.45, 7) is 4.63. The molecule has 0 radical (unpaired) electrons. The molecule has 5 nitrogen and oxygen atoms in total.